The molecule has 0 bridgehead atoms. The number of rotatable bonds is 60. The summed E-state index contributed by atoms with van der Waals surface area (Å²) in [6, 6.07) is 5.40. The number of amides is 2. The van der Waals surface area contributed by atoms with Gasteiger partial charge in [0, 0.05) is 18.7 Å². The molecule has 0 radical (unpaired) electrons. The Morgan fingerprint density at radius 1 is 0.301 bits per heavy atom. The molecule has 0 aliphatic carbocycles. The van der Waals surface area contributed by atoms with E-state index in [1.807, 2.05) is 0 Å². The number of unbranched alkanes of at least 4 members (excludes halogenated alkanes) is 51. The predicted octanol–water partition coefficient (Wildman–Crippen LogP) is 22.7. The molecular formula is C68H128N2O3. The molecule has 428 valence electrons. The van der Waals surface area contributed by atoms with E-state index in [1.54, 1.807) is 18.2 Å². The van der Waals surface area contributed by atoms with Crippen LogP contribution < -0.4 is 15.4 Å². The monoisotopic (exact) mass is 1020 g/mol. The molecule has 2 amide bonds. The van der Waals surface area contributed by atoms with Crippen molar-refractivity contribution in [2.75, 3.05) is 19.7 Å². The average molecular weight is 1020 g/mol. The third-order valence-electron chi connectivity index (χ3n) is 15.9. The molecular weight excluding hydrogens is 893 g/mol. The van der Waals surface area contributed by atoms with Gasteiger partial charge in [-0.15, -0.1) is 0 Å². The number of carbonyl (C=O) groups is 2. The van der Waals surface area contributed by atoms with Gasteiger partial charge in [-0.25, -0.2) is 0 Å². The van der Waals surface area contributed by atoms with Crippen LogP contribution in [-0.2, 0) is 0 Å². The van der Waals surface area contributed by atoms with Gasteiger partial charge in [0.1, 0.15) is 5.75 Å². The van der Waals surface area contributed by atoms with E-state index >= 15 is 0 Å². The van der Waals surface area contributed by atoms with Gasteiger partial charge in [0.05, 0.1) is 12.2 Å². The number of carbonyl (C=O) groups excluding carboxylic acids is 2. The first-order valence-electron chi connectivity index (χ1n) is 33.5. The quantitative estimate of drug-likeness (QED) is 0.0639. The van der Waals surface area contributed by atoms with Gasteiger partial charge in [0.25, 0.3) is 11.8 Å². The van der Waals surface area contributed by atoms with Crippen LogP contribution in [0.2, 0.25) is 0 Å². The number of benzene rings is 1. The Morgan fingerprint density at radius 2 is 0.534 bits per heavy atom. The minimum Gasteiger partial charge on any atom is -0.493 e. The van der Waals surface area contributed by atoms with E-state index < -0.39 is 0 Å². The smallest absolute Gasteiger partial charge is 0.255 e. The Bertz CT molecular complexity index is 1280. The van der Waals surface area contributed by atoms with Crippen molar-refractivity contribution in [3.8, 4) is 5.75 Å². The van der Waals surface area contributed by atoms with E-state index in [2.05, 4.69) is 31.4 Å². The molecule has 73 heavy (non-hydrogen) atoms. The molecule has 0 aliphatic rings. The van der Waals surface area contributed by atoms with Crippen molar-refractivity contribution in [3.05, 3.63) is 29.3 Å². The van der Waals surface area contributed by atoms with Gasteiger partial charge in [0.2, 0.25) is 0 Å². The fourth-order valence-corrected chi connectivity index (χ4v) is 10.8. The second-order valence-corrected chi connectivity index (χ2v) is 23.1. The first-order valence-corrected chi connectivity index (χ1v) is 33.5. The minimum absolute atomic E-state index is 0.0762. The van der Waals surface area contributed by atoms with Crippen molar-refractivity contribution in [1.82, 2.24) is 10.6 Å². The van der Waals surface area contributed by atoms with Gasteiger partial charge in [-0.2, -0.15) is 0 Å². The highest BCUT2D eigenvalue weighted by molar-refractivity contribution is 6.00. The van der Waals surface area contributed by atoms with Crippen LogP contribution in [0.3, 0.4) is 0 Å². The highest BCUT2D eigenvalue weighted by Crippen LogP contribution is 2.23. The molecule has 2 N–H and O–H groups in total. The fraction of sp³-hybridized carbons (Fsp3) is 0.882. The molecule has 0 aromatic heterocycles. The second kappa shape index (κ2) is 57.7. The van der Waals surface area contributed by atoms with E-state index in [0.29, 0.717) is 36.6 Å². The van der Waals surface area contributed by atoms with Crippen molar-refractivity contribution in [2.24, 2.45) is 0 Å². The number of nitrogens with one attached hydrogen (secondary N) is 2. The normalized spacial score (nSPS) is 11.4. The zero-order chi connectivity index (χ0) is 52.4. The molecule has 0 saturated carbocycles. The Balaban J connectivity index is 2.19. The van der Waals surface area contributed by atoms with Gasteiger partial charge in [-0.05, 0) is 37.5 Å². The largest absolute Gasteiger partial charge is 0.493 e. The summed E-state index contributed by atoms with van der Waals surface area (Å²) in [7, 11) is 0. The lowest BCUT2D eigenvalue weighted by molar-refractivity contribution is 0.0937. The molecule has 0 aliphatic heterocycles. The van der Waals surface area contributed by atoms with Crippen LogP contribution in [0.5, 0.6) is 5.75 Å². The highest BCUT2D eigenvalue weighted by Gasteiger charge is 2.16. The van der Waals surface area contributed by atoms with Gasteiger partial charge >= 0.3 is 0 Å². The summed E-state index contributed by atoms with van der Waals surface area (Å²) in [4.78, 5) is 26.7. The lowest BCUT2D eigenvalue weighted by atomic mass is 10.0. The molecule has 1 aromatic rings. The topological polar surface area (TPSA) is 67.4 Å². The van der Waals surface area contributed by atoms with E-state index in [4.69, 9.17) is 4.74 Å². The summed E-state index contributed by atoms with van der Waals surface area (Å²) in [5.74, 6) is 0.367. The Hall–Kier alpha value is -2.04. The van der Waals surface area contributed by atoms with Gasteiger partial charge in [-0.1, -0.05) is 348 Å². The van der Waals surface area contributed by atoms with Crippen molar-refractivity contribution >= 4 is 11.8 Å². The lowest BCUT2D eigenvalue weighted by Crippen LogP contribution is -2.26. The second-order valence-electron chi connectivity index (χ2n) is 23.1. The lowest BCUT2D eigenvalue weighted by Gasteiger charge is -2.14. The Kier molecular flexibility index (Phi) is 54.5. The zero-order valence-corrected chi connectivity index (χ0v) is 49.8. The standard InChI is InChI=1S/C68H128N2O3/c1-4-7-10-13-16-19-21-23-25-27-29-31-33-35-37-39-41-43-45-47-49-52-55-60-69-67(71)64-58-59-65(66(63-64)73-62-57-54-51-18-15-12-9-6-3)68(72)70-61-56-53-50-48-46-44-42-40-38-36-34-32-30-28-26-24-22-20-17-14-11-8-5-2/h58-59,63H,4-57,60-62H2,1-3H3,(H,69,71)(H,70,72). The van der Waals surface area contributed by atoms with Crippen molar-refractivity contribution in [2.45, 2.75) is 367 Å². The molecule has 0 atom stereocenters. The molecule has 0 spiro atoms. The zero-order valence-electron chi connectivity index (χ0n) is 49.8. The maximum Gasteiger partial charge on any atom is 0.255 e. The van der Waals surface area contributed by atoms with Crippen molar-refractivity contribution in [1.29, 1.82) is 0 Å². The molecule has 0 fully saturated rings. The summed E-state index contributed by atoms with van der Waals surface area (Å²) in [5.41, 5.74) is 1.12. The number of hydrogen-bond donors (Lipinski definition) is 2. The van der Waals surface area contributed by atoms with E-state index in [9.17, 15) is 9.59 Å². The predicted molar refractivity (Wildman–Crippen MR) is 323 cm³/mol. The van der Waals surface area contributed by atoms with Gasteiger partial charge < -0.3 is 15.4 Å². The van der Waals surface area contributed by atoms with Gasteiger partial charge in [0.15, 0.2) is 0 Å². The van der Waals surface area contributed by atoms with Crippen LogP contribution in [0, 0.1) is 0 Å². The minimum atomic E-state index is -0.0956. The molecule has 0 unspecified atom stereocenters. The summed E-state index contributed by atoms with van der Waals surface area (Å²) in [5, 5.41) is 6.31. The molecule has 0 heterocycles. The molecule has 1 rings (SSSR count). The molecule has 5 nitrogen and oxygen atoms in total. The third kappa shape index (κ3) is 48.1. The first kappa shape index (κ1) is 69.0. The van der Waals surface area contributed by atoms with Crippen molar-refractivity contribution < 1.29 is 14.3 Å². The summed E-state index contributed by atoms with van der Waals surface area (Å²) in [6.07, 6.45) is 73.4. The Labute approximate surface area is 457 Å². The maximum atomic E-state index is 13.4. The Morgan fingerprint density at radius 3 is 0.808 bits per heavy atom. The van der Waals surface area contributed by atoms with Gasteiger partial charge in [-0.3, -0.25) is 9.59 Å². The molecule has 5 heteroatoms. The molecule has 1 aromatic carbocycles. The third-order valence-corrected chi connectivity index (χ3v) is 15.9. The molecule has 0 saturated heterocycles. The van der Waals surface area contributed by atoms with Crippen LogP contribution in [-0.4, -0.2) is 31.5 Å². The number of hydrogen-bond acceptors (Lipinski definition) is 3. The fourth-order valence-electron chi connectivity index (χ4n) is 10.8. The average Bonchev–Trinajstić information content (AvgIpc) is 3.40. The summed E-state index contributed by atoms with van der Waals surface area (Å²) >= 11 is 0. The SMILES string of the molecule is CCCCCCCCCCCCCCCCCCCCCCCCCNC(=O)c1ccc(C(=O)NCCCCCCCCCCCCCCCCCCCCCCCCC)c(OCCCCCCCCCC)c1. The van der Waals surface area contributed by atoms with Crippen LogP contribution in [0.4, 0.5) is 0 Å². The maximum absolute atomic E-state index is 13.4. The summed E-state index contributed by atoms with van der Waals surface area (Å²) in [6.45, 7) is 8.80. The van der Waals surface area contributed by atoms with E-state index in [0.717, 1.165) is 38.5 Å². The van der Waals surface area contributed by atoms with Crippen LogP contribution in [0.1, 0.15) is 388 Å². The van der Waals surface area contributed by atoms with Crippen molar-refractivity contribution in [3.63, 3.8) is 0 Å². The van der Waals surface area contributed by atoms with Crippen LogP contribution >= 0.6 is 0 Å². The van der Waals surface area contributed by atoms with E-state index in [-0.39, 0.29) is 11.8 Å². The van der Waals surface area contributed by atoms with Crippen LogP contribution in [0.15, 0.2) is 18.2 Å². The highest BCUT2D eigenvalue weighted by atomic mass is 16.5. The number of ether oxygens (including phenoxy) is 1. The first-order chi connectivity index (χ1) is 36.1. The summed E-state index contributed by atoms with van der Waals surface area (Å²) < 4.78 is 6.27. The van der Waals surface area contributed by atoms with E-state index in [1.165, 1.54) is 308 Å². The van der Waals surface area contributed by atoms with Crippen LogP contribution in [0.25, 0.3) is 0 Å².